The molecule has 0 aliphatic rings. The molecule has 2 aromatic rings. The Kier molecular flexibility index (Phi) is 5.04. The van der Waals surface area contributed by atoms with Gasteiger partial charge >= 0.3 is 0 Å². The Balaban J connectivity index is 1.89. The molecule has 4 nitrogen and oxygen atoms in total. The summed E-state index contributed by atoms with van der Waals surface area (Å²) in [6.07, 6.45) is 1.60. The summed E-state index contributed by atoms with van der Waals surface area (Å²) in [5.74, 6) is 1.16. The first-order chi connectivity index (χ1) is 10.1. The molecule has 0 aliphatic heterocycles. The minimum atomic E-state index is -0.303. The van der Waals surface area contributed by atoms with Gasteiger partial charge in [-0.25, -0.2) is 0 Å². The number of nitrogens with one attached hydrogen (secondary N) is 2. The van der Waals surface area contributed by atoms with E-state index < -0.39 is 0 Å². The van der Waals surface area contributed by atoms with Crippen LogP contribution < -0.4 is 10.6 Å². The molecule has 0 spiro atoms. The first-order valence-corrected chi connectivity index (χ1v) is 7.23. The molecule has 4 heteroatoms. The number of anilines is 1. The van der Waals surface area contributed by atoms with Crippen molar-refractivity contribution < 1.29 is 9.21 Å². The normalized spacial score (nSPS) is 12.2. The monoisotopic (exact) mass is 286 g/mol. The molecule has 1 heterocycles. The van der Waals surface area contributed by atoms with Crippen LogP contribution >= 0.6 is 0 Å². The number of rotatable bonds is 6. The van der Waals surface area contributed by atoms with Crippen molar-refractivity contribution in [1.29, 1.82) is 0 Å². The van der Waals surface area contributed by atoms with E-state index >= 15 is 0 Å². The van der Waals surface area contributed by atoms with E-state index in [1.54, 1.807) is 12.3 Å². The van der Waals surface area contributed by atoms with Crippen molar-refractivity contribution >= 4 is 11.6 Å². The summed E-state index contributed by atoms with van der Waals surface area (Å²) in [7, 11) is 0. The third kappa shape index (κ3) is 4.38. The van der Waals surface area contributed by atoms with E-state index in [9.17, 15) is 4.79 Å². The zero-order valence-electron chi connectivity index (χ0n) is 12.7. The Labute approximate surface area is 125 Å². The number of furan rings is 1. The number of hydrogen-bond donors (Lipinski definition) is 2. The minimum Gasteiger partial charge on any atom is -0.467 e. The van der Waals surface area contributed by atoms with E-state index in [1.165, 1.54) is 5.56 Å². The Morgan fingerprint density at radius 3 is 2.67 bits per heavy atom. The lowest BCUT2D eigenvalue weighted by Crippen LogP contribution is -2.37. The van der Waals surface area contributed by atoms with Gasteiger partial charge in [-0.2, -0.15) is 0 Å². The maximum absolute atomic E-state index is 12.0. The Bertz CT molecular complexity index is 576. The van der Waals surface area contributed by atoms with Gasteiger partial charge in [-0.3, -0.25) is 4.79 Å². The molecule has 0 radical (unpaired) electrons. The average molecular weight is 286 g/mol. The first kappa shape index (κ1) is 15.2. The van der Waals surface area contributed by atoms with Gasteiger partial charge in [0.05, 0.1) is 12.8 Å². The van der Waals surface area contributed by atoms with Crippen molar-refractivity contribution in [3.63, 3.8) is 0 Å². The predicted molar refractivity (Wildman–Crippen MR) is 84.2 cm³/mol. The maximum Gasteiger partial charge on any atom is 0.242 e. The van der Waals surface area contributed by atoms with Crippen LogP contribution in [0.4, 0.5) is 5.69 Å². The van der Waals surface area contributed by atoms with Gasteiger partial charge in [0.15, 0.2) is 0 Å². The zero-order chi connectivity index (χ0) is 15.2. The predicted octanol–water partition coefficient (Wildman–Crippen LogP) is 3.52. The minimum absolute atomic E-state index is 0.0543. The second kappa shape index (κ2) is 6.97. The highest BCUT2D eigenvalue weighted by atomic mass is 16.3. The van der Waals surface area contributed by atoms with Crippen LogP contribution in [0.5, 0.6) is 0 Å². The fourth-order valence-corrected chi connectivity index (χ4v) is 2.04. The molecule has 2 rings (SSSR count). The third-order valence-corrected chi connectivity index (χ3v) is 3.35. The van der Waals surface area contributed by atoms with Gasteiger partial charge in [0.1, 0.15) is 11.8 Å². The van der Waals surface area contributed by atoms with Gasteiger partial charge in [-0.15, -0.1) is 0 Å². The van der Waals surface area contributed by atoms with Gasteiger partial charge in [0.2, 0.25) is 5.91 Å². The van der Waals surface area contributed by atoms with Crippen molar-refractivity contribution in [2.45, 2.75) is 39.3 Å². The van der Waals surface area contributed by atoms with Crippen molar-refractivity contribution in [3.05, 3.63) is 54.0 Å². The van der Waals surface area contributed by atoms with Crippen LogP contribution in [0.3, 0.4) is 0 Å². The SMILES string of the molecule is CC(Nc1cccc(C(C)C)c1)C(=O)NCc1ccco1. The quantitative estimate of drug-likeness (QED) is 0.854. The number of carbonyl (C=O) groups excluding carboxylic acids is 1. The Morgan fingerprint density at radius 2 is 2.00 bits per heavy atom. The van der Waals surface area contributed by atoms with E-state index in [2.05, 4.69) is 36.6 Å². The van der Waals surface area contributed by atoms with Crippen LogP contribution in [-0.2, 0) is 11.3 Å². The molecule has 1 atom stereocenters. The molecular weight excluding hydrogens is 264 g/mol. The second-order valence-electron chi connectivity index (χ2n) is 5.44. The van der Waals surface area contributed by atoms with Crippen LogP contribution in [0.2, 0.25) is 0 Å². The van der Waals surface area contributed by atoms with Crippen molar-refractivity contribution in [2.24, 2.45) is 0 Å². The molecule has 21 heavy (non-hydrogen) atoms. The standard InChI is InChI=1S/C17H22N2O2/c1-12(2)14-6-4-7-15(10-14)19-13(3)17(20)18-11-16-8-5-9-21-16/h4-10,12-13,19H,11H2,1-3H3,(H,18,20). The molecular formula is C17H22N2O2. The van der Waals surface area contributed by atoms with E-state index in [1.807, 2.05) is 25.1 Å². The summed E-state index contributed by atoms with van der Waals surface area (Å²) >= 11 is 0. The molecule has 0 aliphatic carbocycles. The first-order valence-electron chi connectivity index (χ1n) is 7.23. The number of benzene rings is 1. The number of carbonyl (C=O) groups is 1. The number of amides is 1. The molecule has 112 valence electrons. The van der Waals surface area contributed by atoms with Crippen LogP contribution in [0, 0.1) is 0 Å². The molecule has 2 N–H and O–H groups in total. The van der Waals surface area contributed by atoms with E-state index in [4.69, 9.17) is 4.42 Å². The van der Waals surface area contributed by atoms with Gasteiger partial charge in [0, 0.05) is 5.69 Å². The Morgan fingerprint density at radius 1 is 1.19 bits per heavy atom. The highest BCUT2D eigenvalue weighted by molar-refractivity contribution is 5.84. The van der Waals surface area contributed by atoms with Crippen molar-refractivity contribution in [2.75, 3.05) is 5.32 Å². The molecule has 1 amide bonds. The summed E-state index contributed by atoms with van der Waals surface area (Å²) in [6.45, 7) is 6.56. The Hall–Kier alpha value is -2.23. The average Bonchev–Trinajstić information content (AvgIpc) is 2.98. The van der Waals surface area contributed by atoms with Crippen LogP contribution in [-0.4, -0.2) is 11.9 Å². The smallest absolute Gasteiger partial charge is 0.242 e. The van der Waals surface area contributed by atoms with E-state index in [0.29, 0.717) is 12.5 Å². The largest absolute Gasteiger partial charge is 0.467 e. The maximum atomic E-state index is 12.0. The van der Waals surface area contributed by atoms with Crippen molar-refractivity contribution in [3.8, 4) is 0 Å². The van der Waals surface area contributed by atoms with Gasteiger partial charge < -0.3 is 15.1 Å². The molecule has 0 saturated carbocycles. The van der Waals surface area contributed by atoms with Gasteiger partial charge in [-0.05, 0) is 42.7 Å². The van der Waals surface area contributed by atoms with Crippen LogP contribution in [0.1, 0.15) is 38.0 Å². The van der Waals surface area contributed by atoms with Gasteiger partial charge in [-0.1, -0.05) is 26.0 Å². The lowest BCUT2D eigenvalue weighted by molar-refractivity contribution is -0.121. The highest BCUT2D eigenvalue weighted by Gasteiger charge is 2.13. The number of hydrogen-bond acceptors (Lipinski definition) is 3. The topological polar surface area (TPSA) is 54.3 Å². The fraction of sp³-hybridized carbons (Fsp3) is 0.353. The van der Waals surface area contributed by atoms with E-state index in [-0.39, 0.29) is 11.9 Å². The van der Waals surface area contributed by atoms with Gasteiger partial charge in [0.25, 0.3) is 0 Å². The zero-order valence-corrected chi connectivity index (χ0v) is 12.7. The molecule has 1 aromatic heterocycles. The van der Waals surface area contributed by atoms with Crippen LogP contribution in [0.25, 0.3) is 0 Å². The molecule has 0 saturated heterocycles. The molecule has 0 bridgehead atoms. The highest BCUT2D eigenvalue weighted by Crippen LogP contribution is 2.19. The lowest BCUT2D eigenvalue weighted by atomic mass is 10.0. The van der Waals surface area contributed by atoms with Crippen molar-refractivity contribution in [1.82, 2.24) is 5.32 Å². The van der Waals surface area contributed by atoms with E-state index in [0.717, 1.165) is 11.4 Å². The summed E-state index contributed by atoms with van der Waals surface area (Å²) in [4.78, 5) is 12.0. The third-order valence-electron chi connectivity index (χ3n) is 3.35. The molecule has 0 fully saturated rings. The molecule has 1 aromatic carbocycles. The lowest BCUT2D eigenvalue weighted by Gasteiger charge is -2.16. The fourth-order valence-electron chi connectivity index (χ4n) is 2.04. The second-order valence-corrected chi connectivity index (χ2v) is 5.44. The van der Waals surface area contributed by atoms with Crippen LogP contribution in [0.15, 0.2) is 47.1 Å². The summed E-state index contributed by atoms with van der Waals surface area (Å²) in [6, 6.07) is 11.5. The summed E-state index contributed by atoms with van der Waals surface area (Å²) in [5, 5.41) is 6.07. The summed E-state index contributed by atoms with van der Waals surface area (Å²) in [5.41, 5.74) is 2.21. The summed E-state index contributed by atoms with van der Waals surface area (Å²) < 4.78 is 5.19. The molecule has 1 unspecified atom stereocenters.